The minimum absolute atomic E-state index is 0.177. The van der Waals surface area contributed by atoms with Crippen LogP contribution >= 0.6 is 0 Å². The quantitative estimate of drug-likeness (QED) is 0.0442. The van der Waals surface area contributed by atoms with Crippen LogP contribution in [-0.2, 0) is 27.2 Å². The van der Waals surface area contributed by atoms with E-state index in [1.807, 2.05) is 60.7 Å². The third-order valence-corrected chi connectivity index (χ3v) is 25.5. The Balaban J connectivity index is 0.000000224. The highest BCUT2D eigenvalue weighted by Crippen LogP contribution is 2.63. The van der Waals surface area contributed by atoms with Gasteiger partial charge < -0.3 is 30.3 Å². The van der Waals surface area contributed by atoms with Gasteiger partial charge in [0, 0.05) is 61.4 Å². The molecule has 3 heterocycles. The minimum atomic E-state index is -0.222. The highest BCUT2D eigenvalue weighted by Gasteiger charge is 2.64. The fourth-order valence-electron chi connectivity index (χ4n) is 17.3. The van der Waals surface area contributed by atoms with Crippen molar-refractivity contribution >= 4 is 28.9 Å². The maximum Gasteiger partial charge on any atom is 0.163 e. The Bertz CT molecular complexity index is 3120. The Morgan fingerprint density at radius 1 is 0.398 bits per heavy atom. The number of hydrogen-bond donors (Lipinski definition) is 3. The number of ketones is 5. The van der Waals surface area contributed by atoms with Crippen molar-refractivity contribution in [1.82, 2.24) is 16.0 Å². The number of halogens is 2. The fourth-order valence-corrected chi connectivity index (χ4v) is 17.3. The average Bonchev–Trinajstić information content (AvgIpc) is 1.54. The molecule has 8 fully saturated rings. The molecule has 5 aliphatic carbocycles. The number of hydrogen-bond acceptors (Lipinski definition) is 8. The lowest BCUT2D eigenvalue weighted by molar-refractivity contribution is -0.119. The van der Waals surface area contributed by atoms with E-state index in [0.717, 1.165) is 132 Å². The summed E-state index contributed by atoms with van der Waals surface area (Å²) in [5.41, 5.74) is 4.47. The number of Topliss-reactive ketones (excluding diaryl/α,β-unsaturated/α-hetero) is 5. The van der Waals surface area contributed by atoms with Crippen molar-refractivity contribution in [2.75, 3.05) is 19.6 Å². The van der Waals surface area contributed by atoms with Crippen molar-refractivity contribution in [3.63, 3.8) is 0 Å². The zero-order valence-corrected chi connectivity index (χ0v) is 71.9. The highest BCUT2D eigenvalue weighted by atomic mass is 19.1. The molecule has 8 nitrogen and oxygen atoms in total. The number of benzene rings is 4. The van der Waals surface area contributed by atoms with Gasteiger partial charge in [0.2, 0.25) is 0 Å². The number of rotatable bonds is 30. The second kappa shape index (κ2) is 47.5. The first-order valence-corrected chi connectivity index (χ1v) is 43.4. The molecule has 3 N–H and O–H groups in total. The van der Waals surface area contributed by atoms with Crippen LogP contribution in [0.2, 0.25) is 0 Å². The van der Waals surface area contributed by atoms with Crippen LogP contribution in [0.3, 0.4) is 0 Å². The lowest BCUT2D eigenvalue weighted by atomic mass is 9.84. The maximum absolute atomic E-state index is 13.0. The van der Waals surface area contributed by atoms with Gasteiger partial charge in [0.15, 0.2) is 11.6 Å². The van der Waals surface area contributed by atoms with Gasteiger partial charge in [-0.05, 0) is 257 Å². The predicted octanol–water partition coefficient (Wildman–Crippen LogP) is 24.3. The number of carbonyl (C=O) groups excluding carboxylic acids is 5. The van der Waals surface area contributed by atoms with E-state index in [4.69, 9.17) is 0 Å². The Morgan fingerprint density at radius 3 is 1.06 bits per heavy atom. The summed E-state index contributed by atoms with van der Waals surface area (Å²) in [6, 6.07) is 34.7. The summed E-state index contributed by atoms with van der Waals surface area (Å²) in [5, 5.41) is 10.7. The van der Waals surface area contributed by atoms with E-state index in [1.165, 1.54) is 134 Å². The van der Waals surface area contributed by atoms with Crippen molar-refractivity contribution in [1.29, 1.82) is 0 Å². The molecule has 12 rings (SSSR count). The first-order valence-electron chi connectivity index (χ1n) is 43.4. The van der Waals surface area contributed by atoms with E-state index in [2.05, 4.69) is 141 Å². The number of piperidine rings is 1. The topological polar surface area (TPSA) is 121 Å². The molecule has 108 heavy (non-hydrogen) atoms. The van der Waals surface area contributed by atoms with Crippen molar-refractivity contribution in [2.24, 2.45) is 124 Å². The van der Waals surface area contributed by atoms with Gasteiger partial charge in [-0.15, -0.1) is 0 Å². The molecule has 12 atom stereocenters. The molecular weight excluding hydrogens is 1340 g/mol. The number of carbonyl (C=O) groups is 5. The van der Waals surface area contributed by atoms with Crippen LogP contribution in [0.4, 0.5) is 8.78 Å². The van der Waals surface area contributed by atoms with E-state index in [9.17, 15) is 32.8 Å². The first-order chi connectivity index (χ1) is 51.0. The van der Waals surface area contributed by atoms with E-state index in [-0.39, 0.29) is 29.1 Å². The van der Waals surface area contributed by atoms with Crippen molar-refractivity contribution in [3.8, 4) is 0 Å². The van der Waals surface area contributed by atoms with Gasteiger partial charge >= 0.3 is 0 Å². The van der Waals surface area contributed by atoms with Gasteiger partial charge in [0.25, 0.3) is 0 Å². The highest BCUT2D eigenvalue weighted by molar-refractivity contribution is 5.96. The SMILES string of the molecule is CC(=O)CC(CC1CC1)C(C)C.CC(=O)CC(CC1CC1)C(C)C.CC(=O)CC(Cc1ccc(F)cc1)C(C)C.CC(C)C(CC(=O)c1ccccc1)CC1CC1.CC(C)C(CC(=O)c1ccccc1)Cc1ccc(F)cc1.CC(C)C1CCCN1.CC(C)C1NCC2C1C2(C)C.CC(C)C1NCC2CCCC21. The van der Waals surface area contributed by atoms with Crippen LogP contribution in [0.5, 0.6) is 0 Å². The van der Waals surface area contributed by atoms with E-state index >= 15 is 0 Å². The van der Waals surface area contributed by atoms with Crippen molar-refractivity contribution in [2.45, 2.75) is 298 Å². The van der Waals surface area contributed by atoms with Crippen molar-refractivity contribution in [3.05, 3.63) is 143 Å². The van der Waals surface area contributed by atoms with Crippen LogP contribution in [-0.4, -0.2) is 66.7 Å². The molecule has 606 valence electrons. The Hall–Kier alpha value is -5.03. The van der Waals surface area contributed by atoms with Gasteiger partial charge in [-0.3, -0.25) is 9.59 Å². The first kappa shape index (κ1) is 93.6. The van der Waals surface area contributed by atoms with Gasteiger partial charge in [0.1, 0.15) is 29.0 Å². The Kier molecular flexibility index (Phi) is 41.1. The summed E-state index contributed by atoms with van der Waals surface area (Å²) < 4.78 is 25.7. The molecule has 0 aromatic heterocycles. The molecule has 10 heteroatoms. The zero-order chi connectivity index (χ0) is 79.9. The zero-order valence-electron chi connectivity index (χ0n) is 71.9. The van der Waals surface area contributed by atoms with E-state index in [0.29, 0.717) is 88.9 Å². The molecular formula is C98H155F2N3O5. The van der Waals surface area contributed by atoms with Gasteiger partial charge in [0.05, 0.1) is 0 Å². The minimum Gasteiger partial charge on any atom is -0.314 e. The third kappa shape index (κ3) is 35.3. The molecule has 0 amide bonds. The smallest absolute Gasteiger partial charge is 0.163 e. The molecule has 4 aromatic carbocycles. The summed E-state index contributed by atoms with van der Waals surface area (Å²) in [4.78, 5) is 57.6. The van der Waals surface area contributed by atoms with Crippen LogP contribution in [0, 0.1) is 135 Å². The van der Waals surface area contributed by atoms with Gasteiger partial charge in [-0.1, -0.05) is 255 Å². The fraction of sp³-hybridized carbons (Fsp3) is 0.704. The second-order valence-corrected chi connectivity index (χ2v) is 38.0. The van der Waals surface area contributed by atoms with E-state index in [1.54, 1.807) is 45.0 Å². The molecule has 0 radical (unpaired) electrons. The lowest BCUT2D eigenvalue weighted by Crippen LogP contribution is -2.34. The Morgan fingerprint density at radius 2 is 0.759 bits per heavy atom. The monoisotopic (exact) mass is 1490 g/mol. The van der Waals surface area contributed by atoms with Crippen molar-refractivity contribution < 1.29 is 32.8 Å². The normalized spacial score (nSPS) is 22.7. The second-order valence-electron chi connectivity index (χ2n) is 38.0. The summed E-state index contributed by atoms with van der Waals surface area (Å²) in [7, 11) is 0. The van der Waals surface area contributed by atoms with Crippen LogP contribution in [0.15, 0.2) is 109 Å². The molecule has 5 saturated carbocycles. The number of fused-ring (bicyclic) bond motifs is 2. The lowest BCUT2D eigenvalue weighted by Gasteiger charge is -2.21. The third-order valence-electron chi connectivity index (χ3n) is 25.5. The summed E-state index contributed by atoms with van der Waals surface area (Å²) in [5.74, 6) is 15.6. The summed E-state index contributed by atoms with van der Waals surface area (Å²) in [6.07, 6.45) is 24.5. The van der Waals surface area contributed by atoms with Crippen LogP contribution in [0.1, 0.15) is 299 Å². The van der Waals surface area contributed by atoms with Gasteiger partial charge in [-0.25, -0.2) is 8.78 Å². The maximum atomic E-state index is 13.0. The number of nitrogens with one attached hydrogen (secondary N) is 3. The summed E-state index contributed by atoms with van der Waals surface area (Å²) in [6.45, 7) is 49.5. The van der Waals surface area contributed by atoms with E-state index < -0.39 is 0 Å². The Labute approximate surface area is 658 Å². The molecule has 4 aromatic rings. The molecule has 8 aliphatic rings. The average molecular weight is 1490 g/mol. The van der Waals surface area contributed by atoms with Crippen LogP contribution < -0.4 is 16.0 Å². The predicted molar refractivity (Wildman–Crippen MR) is 451 cm³/mol. The standard InChI is InChI=1S/C19H21FO.C16H22O.C14H19FO.2C11H20O.2C10H19N.C7H15N/c1-14(2)17(12-15-8-10-18(20)11-9-15)13-19(21)16-6-4-3-5-7-16;1-12(2)15(10-13-8-9-13)11-16(17)14-6-4-3-5-7-14;1-10(2)13(8-11(3)16)9-12-4-6-14(15)7-5-12;2*1-8(2)11(6-9(3)12)7-10-4-5-10;1-6(2)9-8-7(5-11-9)10(8,3)4;1-7(2)10-9-5-3-4-8(9)6-11-10;1-6(2)7-4-3-5-8-7/h3-11,14,17H,12-13H2,1-2H3;3-7,12-13,15H,8-11H2,1-2H3;4-7,10,13H,8-9H2,1-3H3;2*8,10-11H,4-7H2,1-3H3;6-9,11H,5H2,1-4H3;7-11H,3-6H2,1-2H3;6-8H,3-5H2,1-2H3. The molecule has 0 spiro atoms. The molecule has 3 saturated heterocycles. The molecule has 12 unspecified atom stereocenters. The molecule has 3 aliphatic heterocycles. The molecule has 0 bridgehead atoms. The largest absolute Gasteiger partial charge is 0.314 e. The van der Waals surface area contributed by atoms with Crippen LogP contribution in [0.25, 0.3) is 0 Å². The summed E-state index contributed by atoms with van der Waals surface area (Å²) >= 11 is 0. The van der Waals surface area contributed by atoms with Gasteiger partial charge in [-0.2, -0.15) is 0 Å².